The first-order chi connectivity index (χ1) is 12.7. The molecular weight excluding hydrogens is 332 g/mol. The van der Waals surface area contributed by atoms with Gasteiger partial charge >= 0.3 is 6.09 Å². The monoisotopic (exact) mass is 354 g/mol. The highest BCUT2D eigenvalue weighted by Gasteiger charge is 2.15. The van der Waals surface area contributed by atoms with Crippen LogP contribution in [0.1, 0.15) is 23.2 Å². The highest BCUT2D eigenvalue weighted by molar-refractivity contribution is 5.95. The summed E-state index contributed by atoms with van der Waals surface area (Å²) >= 11 is 0. The number of hydrogen-bond acceptors (Lipinski definition) is 4. The van der Waals surface area contributed by atoms with Crippen molar-refractivity contribution in [1.29, 1.82) is 0 Å². The molecule has 2 N–H and O–H groups in total. The molecule has 1 aliphatic heterocycles. The Hall–Kier alpha value is -2.86. The van der Waals surface area contributed by atoms with Crippen molar-refractivity contribution in [1.82, 2.24) is 5.32 Å². The van der Waals surface area contributed by atoms with Crippen LogP contribution in [0.25, 0.3) is 0 Å². The molecule has 1 saturated heterocycles. The summed E-state index contributed by atoms with van der Waals surface area (Å²) in [5.41, 5.74) is 1.12. The number of carbonyl (C=O) groups excluding carboxylic acids is 2. The first-order valence-corrected chi connectivity index (χ1v) is 8.70. The molecule has 0 atom stereocenters. The van der Waals surface area contributed by atoms with E-state index in [1.54, 1.807) is 48.5 Å². The van der Waals surface area contributed by atoms with E-state index in [0.29, 0.717) is 29.5 Å². The van der Waals surface area contributed by atoms with E-state index >= 15 is 0 Å². The average molecular weight is 354 g/mol. The van der Waals surface area contributed by atoms with Gasteiger partial charge in [-0.2, -0.15) is 0 Å². The zero-order chi connectivity index (χ0) is 18.2. The molecule has 0 spiro atoms. The van der Waals surface area contributed by atoms with E-state index in [1.807, 2.05) is 6.07 Å². The van der Waals surface area contributed by atoms with Gasteiger partial charge < -0.3 is 14.8 Å². The van der Waals surface area contributed by atoms with E-state index in [4.69, 9.17) is 9.47 Å². The Morgan fingerprint density at radius 2 is 1.69 bits per heavy atom. The Morgan fingerprint density at radius 3 is 2.38 bits per heavy atom. The minimum Gasteiger partial charge on any atom is -0.410 e. The van der Waals surface area contributed by atoms with Gasteiger partial charge in [0.25, 0.3) is 5.91 Å². The van der Waals surface area contributed by atoms with Gasteiger partial charge in [-0.1, -0.05) is 18.2 Å². The Balaban J connectivity index is 1.47. The van der Waals surface area contributed by atoms with E-state index in [9.17, 15) is 9.59 Å². The molecule has 0 unspecified atom stereocenters. The molecule has 2 amide bonds. The lowest BCUT2D eigenvalue weighted by Gasteiger charge is -2.22. The lowest BCUT2D eigenvalue weighted by atomic mass is 10.0. The van der Waals surface area contributed by atoms with Gasteiger partial charge in [-0.25, -0.2) is 4.79 Å². The number of hydrogen-bond donors (Lipinski definition) is 2. The van der Waals surface area contributed by atoms with E-state index in [0.717, 1.165) is 26.1 Å². The third-order valence-electron chi connectivity index (χ3n) is 4.24. The van der Waals surface area contributed by atoms with Crippen molar-refractivity contribution in [3.8, 4) is 5.75 Å². The maximum Gasteiger partial charge on any atom is 0.417 e. The number of benzene rings is 2. The second-order valence-corrected chi connectivity index (χ2v) is 6.17. The molecule has 0 radical (unpaired) electrons. The summed E-state index contributed by atoms with van der Waals surface area (Å²) < 4.78 is 10.5. The quantitative estimate of drug-likeness (QED) is 0.862. The van der Waals surface area contributed by atoms with Crippen LogP contribution in [0.4, 0.5) is 10.5 Å². The molecule has 6 heteroatoms. The van der Waals surface area contributed by atoms with Crippen molar-refractivity contribution in [3.05, 3.63) is 60.2 Å². The number of para-hydroxylation sites is 1. The van der Waals surface area contributed by atoms with Crippen LogP contribution < -0.4 is 15.4 Å². The number of rotatable bonds is 5. The topological polar surface area (TPSA) is 76.7 Å². The summed E-state index contributed by atoms with van der Waals surface area (Å²) in [5.74, 6) is 0.824. The standard InChI is InChI=1S/C20H22N2O4/c23-19(21-14-15-10-12-25-13-11-15)16-6-8-17(9-7-16)22-20(24)26-18-4-2-1-3-5-18/h1-9,15H,10-14H2,(H,21,23)(H,22,24). The second kappa shape index (κ2) is 9.01. The fourth-order valence-corrected chi connectivity index (χ4v) is 2.73. The predicted molar refractivity (Wildman–Crippen MR) is 98.4 cm³/mol. The zero-order valence-corrected chi connectivity index (χ0v) is 14.4. The summed E-state index contributed by atoms with van der Waals surface area (Å²) in [7, 11) is 0. The third kappa shape index (κ3) is 5.32. The predicted octanol–water partition coefficient (Wildman–Crippen LogP) is 3.45. The van der Waals surface area contributed by atoms with Crippen LogP contribution in [-0.4, -0.2) is 31.8 Å². The van der Waals surface area contributed by atoms with Crippen molar-refractivity contribution in [2.75, 3.05) is 25.1 Å². The molecule has 3 rings (SSSR count). The van der Waals surface area contributed by atoms with Crippen LogP contribution in [0, 0.1) is 5.92 Å². The Kier molecular flexibility index (Phi) is 6.22. The van der Waals surface area contributed by atoms with Gasteiger partial charge in [-0.15, -0.1) is 0 Å². The lowest BCUT2D eigenvalue weighted by molar-refractivity contribution is 0.0642. The van der Waals surface area contributed by atoms with Crippen LogP contribution >= 0.6 is 0 Å². The van der Waals surface area contributed by atoms with Crippen molar-refractivity contribution in [2.45, 2.75) is 12.8 Å². The molecule has 0 bridgehead atoms. The fraction of sp³-hybridized carbons (Fsp3) is 0.300. The molecule has 0 aromatic heterocycles. The molecular formula is C20H22N2O4. The van der Waals surface area contributed by atoms with Gasteiger partial charge in [-0.3, -0.25) is 10.1 Å². The minimum absolute atomic E-state index is 0.116. The summed E-state index contributed by atoms with van der Waals surface area (Å²) in [6.45, 7) is 2.19. The second-order valence-electron chi connectivity index (χ2n) is 6.17. The van der Waals surface area contributed by atoms with Crippen LogP contribution in [0.5, 0.6) is 5.75 Å². The molecule has 1 aliphatic rings. The average Bonchev–Trinajstić information content (AvgIpc) is 2.68. The first-order valence-electron chi connectivity index (χ1n) is 8.70. The Bertz CT molecular complexity index is 725. The summed E-state index contributed by atoms with van der Waals surface area (Å²) in [6.07, 6.45) is 1.38. The van der Waals surface area contributed by atoms with Gasteiger partial charge in [0.2, 0.25) is 0 Å². The maximum atomic E-state index is 12.2. The van der Waals surface area contributed by atoms with Crippen LogP contribution in [0.2, 0.25) is 0 Å². The Morgan fingerprint density at radius 1 is 1.00 bits per heavy atom. The van der Waals surface area contributed by atoms with Crippen LogP contribution in [-0.2, 0) is 4.74 Å². The van der Waals surface area contributed by atoms with Gasteiger partial charge in [0.1, 0.15) is 5.75 Å². The van der Waals surface area contributed by atoms with Crippen LogP contribution in [0.15, 0.2) is 54.6 Å². The molecule has 26 heavy (non-hydrogen) atoms. The van der Waals surface area contributed by atoms with Gasteiger partial charge in [-0.05, 0) is 55.2 Å². The molecule has 1 fully saturated rings. The van der Waals surface area contributed by atoms with E-state index in [2.05, 4.69) is 10.6 Å². The van der Waals surface area contributed by atoms with Crippen molar-refractivity contribution < 1.29 is 19.1 Å². The zero-order valence-electron chi connectivity index (χ0n) is 14.4. The molecule has 0 aliphatic carbocycles. The molecule has 6 nitrogen and oxygen atoms in total. The molecule has 2 aromatic carbocycles. The van der Waals surface area contributed by atoms with Crippen molar-refractivity contribution in [2.24, 2.45) is 5.92 Å². The van der Waals surface area contributed by atoms with Gasteiger partial charge in [0, 0.05) is 31.0 Å². The van der Waals surface area contributed by atoms with Crippen molar-refractivity contribution in [3.63, 3.8) is 0 Å². The highest BCUT2D eigenvalue weighted by atomic mass is 16.6. The van der Waals surface area contributed by atoms with Gasteiger partial charge in [0.15, 0.2) is 0 Å². The molecule has 136 valence electrons. The lowest BCUT2D eigenvalue weighted by Crippen LogP contribution is -2.32. The smallest absolute Gasteiger partial charge is 0.410 e. The fourth-order valence-electron chi connectivity index (χ4n) is 2.73. The summed E-state index contributed by atoms with van der Waals surface area (Å²) in [5, 5.41) is 5.59. The third-order valence-corrected chi connectivity index (χ3v) is 4.24. The van der Waals surface area contributed by atoms with Crippen LogP contribution in [0.3, 0.4) is 0 Å². The first kappa shape index (κ1) is 17.9. The molecule has 0 saturated carbocycles. The van der Waals surface area contributed by atoms with Gasteiger partial charge in [0.05, 0.1) is 0 Å². The SMILES string of the molecule is O=C(Nc1ccc(C(=O)NCC2CCOCC2)cc1)Oc1ccccc1. The number of nitrogens with one attached hydrogen (secondary N) is 2. The van der Waals surface area contributed by atoms with E-state index < -0.39 is 6.09 Å². The van der Waals surface area contributed by atoms with E-state index in [-0.39, 0.29) is 5.91 Å². The number of amides is 2. The molecule has 2 aromatic rings. The maximum absolute atomic E-state index is 12.2. The summed E-state index contributed by atoms with van der Waals surface area (Å²) in [6, 6.07) is 15.5. The highest BCUT2D eigenvalue weighted by Crippen LogP contribution is 2.15. The molecule has 1 heterocycles. The minimum atomic E-state index is -0.576. The summed E-state index contributed by atoms with van der Waals surface area (Å²) in [4.78, 5) is 24.1. The number of carbonyl (C=O) groups is 2. The van der Waals surface area contributed by atoms with Crippen molar-refractivity contribution >= 4 is 17.7 Å². The normalized spacial score (nSPS) is 14.5. The number of ether oxygens (including phenoxy) is 2. The largest absolute Gasteiger partial charge is 0.417 e. The Labute approximate surface area is 152 Å². The van der Waals surface area contributed by atoms with E-state index in [1.165, 1.54) is 0 Å². The number of anilines is 1.